The van der Waals surface area contributed by atoms with E-state index in [2.05, 4.69) is 5.32 Å². The van der Waals surface area contributed by atoms with E-state index in [0.29, 0.717) is 11.3 Å². The van der Waals surface area contributed by atoms with Gasteiger partial charge in [0, 0.05) is 24.9 Å². The monoisotopic (exact) mass is 368 g/mol. The molecule has 1 aliphatic heterocycles. The summed E-state index contributed by atoms with van der Waals surface area (Å²) >= 11 is 1.41. The molecule has 25 heavy (non-hydrogen) atoms. The van der Waals surface area contributed by atoms with E-state index in [9.17, 15) is 22.8 Å². The molecule has 0 unspecified atom stereocenters. The van der Waals surface area contributed by atoms with Gasteiger partial charge in [-0.1, -0.05) is 12.1 Å². The molecule has 0 aliphatic carbocycles. The summed E-state index contributed by atoms with van der Waals surface area (Å²) < 4.78 is 38.1. The molecule has 1 aliphatic rings. The zero-order valence-corrected chi connectivity index (χ0v) is 14.0. The molecule has 1 saturated heterocycles. The Hall–Kier alpha value is -2.35. The molecule has 0 spiro atoms. The number of likely N-dealkylation sites (tertiary alicyclic amines) is 1. The lowest BCUT2D eigenvalue weighted by Gasteiger charge is -2.17. The van der Waals surface area contributed by atoms with E-state index >= 15 is 0 Å². The summed E-state index contributed by atoms with van der Waals surface area (Å²) in [7, 11) is 1.58. The maximum atomic E-state index is 12.7. The van der Waals surface area contributed by atoms with Crippen LogP contribution in [0.25, 0.3) is 0 Å². The third-order valence-corrected chi connectivity index (χ3v) is 4.94. The molecular weight excluding hydrogens is 353 g/mol. The summed E-state index contributed by atoms with van der Waals surface area (Å²) in [4.78, 5) is 26.3. The highest BCUT2D eigenvalue weighted by Crippen LogP contribution is 2.36. The maximum Gasteiger partial charge on any atom is 0.416 e. The Labute approximate surface area is 146 Å². The summed E-state index contributed by atoms with van der Waals surface area (Å²) in [6.07, 6.45) is -4.42. The molecule has 132 valence electrons. The van der Waals surface area contributed by atoms with E-state index in [0.717, 1.165) is 12.1 Å². The first-order valence-corrected chi connectivity index (χ1v) is 8.47. The Morgan fingerprint density at radius 1 is 1.24 bits per heavy atom. The van der Waals surface area contributed by atoms with Crippen molar-refractivity contribution in [2.75, 3.05) is 18.9 Å². The van der Waals surface area contributed by atoms with Crippen molar-refractivity contribution in [1.82, 2.24) is 4.90 Å². The number of rotatable bonds is 3. The number of anilines is 1. The summed E-state index contributed by atoms with van der Waals surface area (Å²) in [6.45, 7) is 0.284. The van der Waals surface area contributed by atoms with Crippen molar-refractivity contribution in [2.45, 2.75) is 12.1 Å². The lowest BCUT2D eigenvalue weighted by molar-refractivity contribution is -0.138. The number of nitrogens with zero attached hydrogens (tertiary/aromatic N) is 1. The van der Waals surface area contributed by atoms with E-state index in [1.54, 1.807) is 23.9 Å². The number of alkyl halides is 3. The molecule has 0 radical (unpaired) electrons. The van der Waals surface area contributed by atoms with Crippen molar-refractivity contribution in [3.63, 3.8) is 0 Å². The van der Waals surface area contributed by atoms with Gasteiger partial charge in [0.25, 0.3) is 0 Å². The summed E-state index contributed by atoms with van der Waals surface area (Å²) in [5.41, 5.74) is 0.382. The number of amides is 2. The fourth-order valence-electron chi connectivity index (χ4n) is 2.97. The van der Waals surface area contributed by atoms with Crippen LogP contribution in [0.3, 0.4) is 0 Å². The molecule has 8 heteroatoms. The van der Waals surface area contributed by atoms with Crippen molar-refractivity contribution >= 4 is 28.8 Å². The van der Waals surface area contributed by atoms with Gasteiger partial charge < -0.3 is 10.2 Å². The third kappa shape index (κ3) is 3.53. The number of halogens is 3. The topological polar surface area (TPSA) is 49.4 Å². The Balaban J connectivity index is 1.85. The third-order valence-electron chi connectivity index (χ3n) is 4.25. The Morgan fingerprint density at radius 3 is 2.48 bits per heavy atom. The second-order valence-corrected chi connectivity index (χ2v) is 6.70. The zero-order chi connectivity index (χ0) is 18.2. The fourth-order valence-corrected chi connectivity index (χ4v) is 3.56. The molecule has 2 atom stereocenters. The van der Waals surface area contributed by atoms with Gasteiger partial charge in [-0.15, -0.1) is 0 Å². The second kappa shape index (κ2) is 6.51. The molecule has 1 fully saturated rings. The van der Waals surface area contributed by atoms with Crippen LogP contribution >= 0.6 is 11.3 Å². The number of hydrogen-bond donors (Lipinski definition) is 1. The number of thiophene rings is 1. The number of likely N-dealkylation sites (N-methyl/N-ethyl adjacent to an activating group) is 1. The highest BCUT2D eigenvalue weighted by atomic mass is 32.1. The predicted molar refractivity (Wildman–Crippen MR) is 88.3 cm³/mol. The Bertz CT molecular complexity index is 772. The molecule has 0 bridgehead atoms. The maximum absolute atomic E-state index is 12.7. The van der Waals surface area contributed by atoms with Gasteiger partial charge in [-0.25, -0.2) is 0 Å². The minimum atomic E-state index is -4.42. The smallest absolute Gasteiger partial charge is 0.344 e. The summed E-state index contributed by atoms with van der Waals surface area (Å²) in [6, 6.07) is 6.35. The van der Waals surface area contributed by atoms with Crippen molar-refractivity contribution in [3.8, 4) is 0 Å². The molecule has 2 amide bonds. The number of nitrogens with one attached hydrogen (secondary N) is 1. The Morgan fingerprint density at radius 2 is 1.92 bits per heavy atom. The zero-order valence-electron chi connectivity index (χ0n) is 13.2. The van der Waals surface area contributed by atoms with Gasteiger partial charge in [0.1, 0.15) is 5.92 Å². The number of carbonyl (C=O) groups excluding carboxylic acids is 2. The largest absolute Gasteiger partial charge is 0.416 e. The molecule has 0 saturated carbocycles. The first-order chi connectivity index (χ1) is 11.8. The van der Waals surface area contributed by atoms with Gasteiger partial charge in [-0.05, 0) is 29.1 Å². The van der Waals surface area contributed by atoms with Crippen molar-refractivity contribution in [2.24, 2.45) is 5.92 Å². The van der Waals surface area contributed by atoms with E-state index in [-0.39, 0.29) is 12.5 Å². The van der Waals surface area contributed by atoms with Crippen LogP contribution in [0.4, 0.5) is 18.9 Å². The molecule has 3 rings (SSSR count). The number of carbonyl (C=O) groups is 2. The fraction of sp³-hybridized carbons (Fsp3) is 0.294. The molecule has 1 N–H and O–H groups in total. The van der Waals surface area contributed by atoms with Crippen molar-refractivity contribution in [1.29, 1.82) is 0 Å². The molecule has 1 aromatic carbocycles. The highest BCUT2D eigenvalue weighted by Gasteiger charge is 2.44. The van der Waals surface area contributed by atoms with E-state index in [1.165, 1.54) is 28.4 Å². The summed E-state index contributed by atoms with van der Waals surface area (Å²) in [5.74, 6) is -2.23. The predicted octanol–water partition coefficient (Wildman–Crippen LogP) is 3.58. The van der Waals surface area contributed by atoms with Crippen LogP contribution in [0.5, 0.6) is 0 Å². The van der Waals surface area contributed by atoms with Gasteiger partial charge in [-0.3, -0.25) is 9.59 Å². The normalized spacial score (nSPS) is 20.8. The van der Waals surface area contributed by atoms with Crippen molar-refractivity contribution in [3.05, 3.63) is 52.2 Å². The lowest BCUT2D eigenvalue weighted by Crippen LogP contribution is -2.32. The van der Waals surface area contributed by atoms with Gasteiger partial charge in [-0.2, -0.15) is 24.5 Å². The van der Waals surface area contributed by atoms with Crippen molar-refractivity contribution < 1.29 is 22.8 Å². The van der Waals surface area contributed by atoms with Crippen LogP contribution in [0.15, 0.2) is 41.1 Å². The van der Waals surface area contributed by atoms with Crippen LogP contribution in [-0.2, 0) is 15.8 Å². The molecule has 1 aromatic heterocycles. The highest BCUT2D eigenvalue weighted by molar-refractivity contribution is 7.08. The van der Waals surface area contributed by atoms with Gasteiger partial charge in [0.05, 0.1) is 11.3 Å². The standard InChI is InChI=1S/C17H15F3N2O2S/c1-22-8-13(10-2-4-11(5-3-10)17(18,19)20)14(16(22)24)15(23)21-12-6-7-25-9-12/h2-7,9,13-14H,8H2,1H3,(H,21,23)/t13-,14+/m0/s1. The number of benzene rings is 1. The first kappa shape index (κ1) is 17.5. The first-order valence-electron chi connectivity index (χ1n) is 7.52. The average molecular weight is 368 g/mol. The van der Waals surface area contributed by atoms with Crippen LogP contribution < -0.4 is 5.32 Å². The summed E-state index contributed by atoms with van der Waals surface area (Å²) in [5, 5.41) is 6.24. The second-order valence-electron chi connectivity index (χ2n) is 5.92. The van der Waals surface area contributed by atoms with Gasteiger partial charge in [0.2, 0.25) is 11.8 Å². The Kier molecular flexibility index (Phi) is 4.55. The molecule has 2 heterocycles. The molecule has 2 aromatic rings. The minimum Gasteiger partial charge on any atom is -0.344 e. The molecule has 4 nitrogen and oxygen atoms in total. The van der Waals surface area contributed by atoms with Gasteiger partial charge in [0.15, 0.2) is 0 Å². The van der Waals surface area contributed by atoms with E-state index in [1.807, 2.05) is 0 Å². The SMILES string of the molecule is CN1C[C@@H](c2ccc(C(F)(F)F)cc2)[C@H](C(=O)Nc2ccsc2)C1=O. The lowest BCUT2D eigenvalue weighted by atomic mass is 9.87. The van der Waals surface area contributed by atoms with Gasteiger partial charge >= 0.3 is 6.18 Å². The van der Waals surface area contributed by atoms with Crippen LogP contribution in [0, 0.1) is 5.92 Å². The average Bonchev–Trinajstić information content (AvgIpc) is 3.15. The minimum absolute atomic E-state index is 0.284. The quantitative estimate of drug-likeness (QED) is 0.842. The van der Waals surface area contributed by atoms with Crippen LogP contribution in [0.2, 0.25) is 0 Å². The van der Waals surface area contributed by atoms with E-state index < -0.39 is 29.5 Å². The van der Waals surface area contributed by atoms with Crippen LogP contribution in [0.1, 0.15) is 17.0 Å². The molecular formula is C17H15F3N2O2S. The van der Waals surface area contributed by atoms with Crippen LogP contribution in [-0.4, -0.2) is 30.3 Å². The van der Waals surface area contributed by atoms with E-state index in [4.69, 9.17) is 0 Å². The number of hydrogen-bond acceptors (Lipinski definition) is 3.